The van der Waals surface area contributed by atoms with Crippen molar-refractivity contribution in [3.8, 4) is 0 Å². The van der Waals surface area contributed by atoms with Gasteiger partial charge in [-0.05, 0) is 49.6 Å². The Hall–Kier alpha value is -3.85. The zero-order chi connectivity index (χ0) is 27.4. The molecule has 2 heterocycles. The summed E-state index contributed by atoms with van der Waals surface area (Å²) in [6.45, 7) is 0. The molecule has 2 aromatic carbocycles. The Morgan fingerprint density at radius 1 is 1.00 bits per heavy atom. The van der Waals surface area contributed by atoms with Crippen LogP contribution < -0.4 is 15.1 Å². The first-order valence-corrected chi connectivity index (χ1v) is 13.5. The Kier molecular flexibility index (Phi) is 8.16. The molecule has 3 aromatic rings. The van der Waals surface area contributed by atoms with Crippen LogP contribution in [0.1, 0.15) is 56.6 Å². The summed E-state index contributed by atoms with van der Waals surface area (Å²) in [4.78, 5) is 52.3. The summed E-state index contributed by atoms with van der Waals surface area (Å²) in [6, 6.07) is 11.7. The van der Waals surface area contributed by atoms with E-state index in [1.54, 1.807) is 36.4 Å². The molecule has 1 aliphatic heterocycles. The van der Waals surface area contributed by atoms with Crippen molar-refractivity contribution in [1.82, 2.24) is 15.3 Å². The molecule has 1 saturated carbocycles. The molecule has 5 rings (SSSR count). The number of carbonyl (C=O) groups is 3. The molecule has 202 valence electrons. The van der Waals surface area contributed by atoms with Gasteiger partial charge in [-0.1, -0.05) is 55.1 Å². The SMILES string of the molecule is O=C(NC1CCCCC1)[C@@H](c1ccccc1Cl)N(C(=O)[C@@H]1CCC(=O)N1c1ncccn1)c1cccc(F)c1. The van der Waals surface area contributed by atoms with E-state index in [4.69, 9.17) is 11.6 Å². The minimum atomic E-state index is -1.20. The van der Waals surface area contributed by atoms with Crippen LogP contribution in [-0.4, -0.2) is 39.8 Å². The normalized spacial score (nSPS) is 18.6. The van der Waals surface area contributed by atoms with E-state index in [1.807, 2.05) is 0 Å². The molecule has 2 atom stereocenters. The van der Waals surface area contributed by atoms with Crippen molar-refractivity contribution in [3.05, 3.63) is 83.4 Å². The maximum absolute atomic E-state index is 14.5. The highest BCUT2D eigenvalue weighted by atomic mass is 35.5. The number of amides is 3. The summed E-state index contributed by atoms with van der Waals surface area (Å²) in [6.07, 6.45) is 8.08. The smallest absolute Gasteiger partial charge is 0.251 e. The molecule has 0 bridgehead atoms. The number of nitrogens with one attached hydrogen (secondary N) is 1. The summed E-state index contributed by atoms with van der Waals surface area (Å²) in [7, 11) is 0. The molecule has 1 N–H and O–H groups in total. The highest BCUT2D eigenvalue weighted by Gasteiger charge is 2.45. The average Bonchev–Trinajstić information content (AvgIpc) is 3.34. The van der Waals surface area contributed by atoms with Crippen LogP contribution in [0.3, 0.4) is 0 Å². The fraction of sp³-hybridized carbons (Fsp3) is 0.345. The van der Waals surface area contributed by atoms with Gasteiger partial charge >= 0.3 is 0 Å². The summed E-state index contributed by atoms with van der Waals surface area (Å²) in [5.41, 5.74) is 0.578. The minimum Gasteiger partial charge on any atom is -0.351 e. The van der Waals surface area contributed by atoms with Crippen LogP contribution in [0.15, 0.2) is 67.0 Å². The third kappa shape index (κ3) is 5.78. The molecular formula is C29H29ClFN5O3. The molecule has 8 nitrogen and oxygen atoms in total. The highest BCUT2D eigenvalue weighted by Crippen LogP contribution is 2.36. The van der Waals surface area contributed by atoms with Gasteiger partial charge in [0, 0.05) is 41.1 Å². The van der Waals surface area contributed by atoms with Gasteiger partial charge in [0.1, 0.15) is 17.9 Å². The van der Waals surface area contributed by atoms with Crippen LogP contribution in [0, 0.1) is 5.82 Å². The first-order valence-electron chi connectivity index (χ1n) is 13.2. The lowest BCUT2D eigenvalue weighted by molar-refractivity contribution is -0.128. The molecule has 1 saturated heterocycles. The lowest BCUT2D eigenvalue weighted by atomic mass is 9.94. The van der Waals surface area contributed by atoms with Crippen LogP contribution in [0.4, 0.5) is 16.0 Å². The van der Waals surface area contributed by atoms with Crippen molar-refractivity contribution in [2.24, 2.45) is 0 Å². The summed E-state index contributed by atoms with van der Waals surface area (Å²) >= 11 is 6.60. The van der Waals surface area contributed by atoms with Crippen LogP contribution in [0.25, 0.3) is 0 Å². The van der Waals surface area contributed by atoms with Crippen molar-refractivity contribution < 1.29 is 18.8 Å². The molecule has 3 amide bonds. The fourth-order valence-corrected chi connectivity index (χ4v) is 5.63. The Labute approximate surface area is 231 Å². The van der Waals surface area contributed by atoms with Gasteiger partial charge in [0.2, 0.25) is 17.8 Å². The number of halogens is 2. The number of rotatable bonds is 7. The lowest BCUT2D eigenvalue weighted by Crippen LogP contribution is -2.53. The van der Waals surface area contributed by atoms with Gasteiger partial charge in [0.15, 0.2) is 0 Å². The minimum absolute atomic E-state index is 0.0389. The van der Waals surface area contributed by atoms with Crippen molar-refractivity contribution in [2.75, 3.05) is 9.80 Å². The summed E-state index contributed by atoms with van der Waals surface area (Å²) < 4.78 is 14.5. The lowest BCUT2D eigenvalue weighted by Gasteiger charge is -2.36. The van der Waals surface area contributed by atoms with Gasteiger partial charge < -0.3 is 5.32 Å². The zero-order valence-corrected chi connectivity index (χ0v) is 22.1. The van der Waals surface area contributed by atoms with E-state index in [0.717, 1.165) is 32.1 Å². The van der Waals surface area contributed by atoms with Crippen LogP contribution in [0.5, 0.6) is 0 Å². The van der Waals surface area contributed by atoms with Crippen LogP contribution in [0.2, 0.25) is 5.02 Å². The molecule has 1 aliphatic carbocycles. The topological polar surface area (TPSA) is 95.5 Å². The van der Waals surface area contributed by atoms with E-state index in [9.17, 15) is 18.8 Å². The van der Waals surface area contributed by atoms with Gasteiger partial charge in [-0.3, -0.25) is 24.2 Å². The van der Waals surface area contributed by atoms with E-state index in [-0.39, 0.29) is 36.4 Å². The highest BCUT2D eigenvalue weighted by molar-refractivity contribution is 6.31. The molecule has 10 heteroatoms. The zero-order valence-electron chi connectivity index (χ0n) is 21.3. The molecule has 1 aromatic heterocycles. The number of benzene rings is 2. The second kappa shape index (κ2) is 11.9. The van der Waals surface area contributed by atoms with E-state index < -0.39 is 29.7 Å². The predicted molar refractivity (Wildman–Crippen MR) is 146 cm³/mol. The van der Waals surface area contributed by atoms with E-state index in [0.29, 0.717) is 10.6 Å². The molecule has 0 unspecified atom stereocenters. The third-order valence-electron chi connectivity index (χ3n) is 7.25. The van der Waals surface area contributed by atoms with Gasteiger partial charge in [-0.15, -0.1) is 0 Å². The Morgan fingerprint density at radius 2 is 1.74 bits per heavy atom. The second-order valence-electron chi connectivity index (χ2n) is 9.82. The third-order valence-corrected chi connectivity index (χ3v) is 7.59. The predicted octanol–water partition coefficient (Wildman–Crippen LogP) is 4.99. The van der Waals surface area contributed by atoms with Crippen LogP contribution >= 0.6 is 11.6 Å². The van der Waals surface area contributed by atoms with Crippen LogP contribution in [-0.2, 0) is 14.4 Å². The Bertz CT molecular complexity index is 1350. The molecule has 2 fully saturated rings. The number of hydrogen-bond acceptors (Lipinski definition) is 5. The monoisotopic (exact) mass is 549 g/mol. The molecular weight excluding hydrogens is 521 g/mol. The Balaban J connectivity index is 1.61. The van der Waals surface area contributed by atoms with E-state index in [2.05, 4.69) is 15.3 Å². The number of hydrogen-bond donors (Lipinski definition) is 1. The van der Waals surface area contributed by atoms with Gasteiger partial charge in [0.05, 0.1) is 0 Å². The first kappa shape index (κ1) is 26.7. The largest absolute Gasteiger partial charge is 0.351 e. The van der Waals surface area contributed by atoms with E-state index >= 15 is 0 Å². The number of aromatic nitrogens is 2. The van der Waals surface area contributed by atoms with Gasteiger partial charge in [0.25, 0.3) is 5.91 Å². The van der Waals surface area contributed by atoms with Gasteiger partial charge in [-0.25, -0.2) is 14.4 Å². The molecule has 0 radical (unpaired) electrons. The molecule has 2 aliphatic rings. The van der Waals surface area contributed by atoms with Gasteiger partial charge in [-0.2, -0.15) is 0 Å². The quantitative estimate of drug-likeness (QED) is 0.448. The second-order valence-corrected chi connectivity index (χ2v) is 10.2. The summed E-state index contributed by atoms with van der Waals surface area (Å²) in [5, 5.41) is 3.41. The van der Waals surface area contributed by atoms with Crippen molar-refractivity contribution in [3.63, 3.8) is 0 Å². The fourth-order valence-electron chi connectivity index (χ4n) is 5.40. The maximum atomic E-state index is 14.5. The Morgan fingerprint density at radius 3 is 2.46 bits per heavy atom. The van der Waals surface area contributed by atoms with E-state index in [1.165, 1.54) is 40.4 Å². The standard InChI is InChI=1S/C29H29ClFN5O3/c30-23-13-5-4-12-22(23)26(27(38)34-20-9-2-1-3-10-20)35(21-11-6-8-19(31)18-21)28(39)24-14-15-25(37)36(24)29-32-16-7-17-33-29/h4-8,11-13,16-18,20,24,26H,1-3,9-10,14-15H2,(H,34,38)/t24-,26+/m0/s1. The average molecular weight is 550 g/mol. The summed E-state index contributed by atoms with van der Waals surface area (Å²) in [5.74, 6) is -1.75. The van der Waals surface area contributed by atoms with Crippen molar-refractivity contribution >= 4 is 41.0 Å². The number of anilines is 2. The van der Waals surface area contributed by atoms with Crippen molar-refractivity contribution in [2.45, 2.75) is 63.1 Å². The number of nitrogens with zero attached hydrogens (tertiary/aromatic N) is 4. The maximum Gasteiger partial charge on any atom is 0.251 e. The number of carbonyl (C=O) groups excluding carboxylic acids is 3. The molecule has 0 spiro atoms. The molecule has 39 heavy (non-hydrogen) atoms. The van der Waals surface area contributed by atoms with Crippen molar-refractivity contribution in [1.29, 1.82) is 0 Å². The first-order chi connectivity index (χ1) is 18.9.